The van der Waals surface area contributed by atoms with Crippen LogP contribution in [0.15, 0.2) is 29.1 Å². The number of nitrogens with one attached hydrogen (secondary N) is 2. The number of aromatic nitrogens is 2. The summed E-state index contributed by atoms with van der Waals surface area (Å²) in [5.74, 6) is -0.251. The Morgan fingerprint density at radius 3 is 2.95 bits per heavy atom. The lowest BCUT2D eigenvalue weighted by Gasteiger charge is -2.10. The molecule has 1 aromatic heterocycles. The molecule has 1 heterocycles. The van der Waals surface area contributed by atoms with Gasteiger partial charge < -0.3 is 15.4 Å². The molecule has 6 nitrogen and oxygen atoms in total. The van der Waals surface area contributed by atoms with Gasteiger partial charge in [0, 0.05) is 13.2 Å². The second-order valence-corrected chi connectivity index (χ2v) is 4.76. The van der Waals surface area contributed by atoms with Crippen molar-refractivity contribution in [1.29, 1.82) is 0 Å². The van der Waals surface area contributed by atoms with E-state index in [4.69, 9.17) is 5.11 Å². The van der Waals surface area contributed by atoms with Gasteiger partial charge in [0.25, 0.3) is 11.5 Å². The maximum atomic E-state index is 11.9. The molecule has 0 radical (unpaired) electrons. The summed E-state index contributed by atoms with van der Waals surface area (Å²) >= 11 is 0. The Morgan fingerprint density at radius 2 is 2.20 bits per heavy atom. The molecular formula is C14H17N3O3. The number of aromatic amines is 1. The monoisotopic (exact) mass is 275 g/mol. The van der Waals surface area contributed by atoms with Crippen LogP contribution in [0.4, 0.5) is 0 Å². The molecule has 1 aromatic carbocycles. The molecule has 1 atom stereocenters. The number of H-pyrrole nitrogens is 1. The molecule has 0 aliphatic rings. The largest absolute Gasteiger partial charge is 0.396 e. The van der Waals surface area contributed by atoms with Gasteiger partial charge in [-0.15, -0.1) is 0 Å². The van der Waals surface area contributed by atoms with E-state index >= 15 is 0 Å². The van der Waals surface area contributed by atoms with E-state index < -0.39 is 5.91 Å². The predicted octanol–water partition coefficient (Wildman–Crippen LogP) is 0.671. The zero-order valence-electron chi connectivity index (χ0n) is 11.2. The number of carbonyl (C=O) groups excluding carboxylic acids is 1. The van der Waals surface area contributed by atoms with Gasteiger partial charge in [-0.1, -0.05) is 19.1 Å². The van der Waals surface area contributed by atoms with Crippen LogP contribution >= 0.6 is 0 Å². The standard InChI is InChI=1S/C14H17N3O3/c1-9(6-7-18)8-15-14(20)12-16-11-5-3-2-4-10(11)13(19)17-12/h2-5,9,18H,6-8H2,1H3,(H,15,20)(H,16,17,19). The van der Waals surface area contributed by atoms with Crippen molar-refractivity contribution >= 4 is 16.8 Å². The van der Waals surface area contributed by atoms with E-state index in [9.17, 15) is 9.59 Å². The first-order valence-electron chi connectivity index (χ1n) is 6.50. The topological polar surface area (TPSA) is 95.1 Å². The van der Waals surface area contributed by atoms with Gasteiger partial charge in [0.2, 0.25) is 0 Å². The van der Waals surface area contributed by atoms with Crippen molar-refractivity contribution in [1.82, 2.24) is 15.3 Å². The molecule has 2 aromatic rings. The third-order valence-electron chi connectivity index (χ3n) is 3.06. The van der Waals surface area contributed by atoms with Crippen molar-refractivity contribution in [2.45, 2.75) is 13.3 Å². The van der Waals surface area contributed by atoms with Crippen molar-refractivity contribution in [3.05, 3.63) is 40.4 Å². The van der Waals surface area contributed by atoms with Crippen LogP contribution < -0.4 is 10.9 Å². The van der Waals surface area contributed by atoms with Crippen LogP contribution in [-0.2, 0) is 0 Å². The first kappa shape index (κ1) is 14.2. The lowest BCUT2D eigenvalue weighted by molar-refractivity contribution is 0.0935. The summed E-state index contributed by atoms with van der Waals surface area (Å²) in [6.07, 6.45) is 0.613. The molecule has 0 bridgehead atoms. The summed E-state index contributed by atoms with van der Waals surface area (Å²) in [4.78, 5) is 30.4. The van der Waals surface area contributed by atoms with Crippen LogP contribution in [0, 0.1) is 5.92 Å². The molecule has 0 saturated carbocycles. The summed E-state index contributed by atoms with van der Waals surface area (Å²) in [7, 11) is 0. The Bertz CT molecular complexity index is 666. The van der Waals surface area contributed by atoms with E-state index in [2.05, 4.69) is 15.3 Å². The number of benzene rings is 1. The van der Waals surface area contributed by atoms with Crippen molar-refractivity contribution < 1.29 is 9.90 Å². The lowest BCUT2D eigenvalue weighted by Crippen LogP contribution is -2.31. The summed E-state index contributed by atoms with van der Waals surface area (Å²) in [5.41, 5.74) is 0.161. The molecule has 1 amide bonds. The van der Waals surface area contributed by atoms with Gasteiger partial charge in [-0.3, -0.25) is 9.59 Å². The van der Waals surface area contributed by atoms with Gasteiger partial charge in [0.15, 0.2) is 5.82 Å². The second kappa shape index (κ2) is 6.29. The molecule has 106 valence electrons. The van der Waals surface area contributed by atoms with E-state index in [1.807, 2.05) is 6.92 Å². The Labute approximate surface area is 115 Å². The first-order chi connectivity index (χ1) is 9.61. The predicted molar refractivity (Wildman–Crippen MR) is 75.6 cm³/mol. The lowest BCUT2D eigenvalue weighted by atomic mass is 10.1. The average Bonchev–Trinajstić information content (AvgIpc) is 2.45. The van der Waals surface area contributed by atoms with E-state index in [0.717, 1.165) is 0 Å². The SMILES string of the molecule is CC(CCO)CNC(=O)c1nc2ccccc2c(=O)[nH]1. The third-order valence-corrected chi connectivity index (χ3v) is 3.06. The minimum Gasteiger partial charge on any atom is -0.396 e. The van der Waals surface area contributed by atoms with Crippen molar-refractivity contribution in [3.63, 3.8) is 0 Å². The number of para-hydroxylation sites is 1. The van der Waals surface area contributed by atoms with Gasteiger partial charge in [-0.2, -0.15) is 0 Å². The molecule has 3 N–H and O–H groups in total. The Kier molecular flexibility index (Phi) is 4.47. The number of amides is 1. The number of hydrogen-bond acceptors (Lipinski definition) is 4. The first-order valence-corrected chi connectivity index (χ1v) is 6.50. The zero-order valence-corrected chi connectivity index (χ0v) is 11.2. The Balaban J connectivity index is 2.16. The highest BCUT2D eigenvalue weighted by Crippen LogP contribution is 2.05. The van der Waals surface area contributed by atoms with Crippen LogP contribution in [0.25, 0.3) is 10.9 Å². The van der Waals surface area contributed by atoms with Gasteiger partial charge in [0.1, 0.15) is 0 Å². The van der Waals surface area contributed by atoms with E-state index in [1.54, 1.807) is 24.3 Å². The quantitative estimate of drug-likeness (QED) is 0.747. The smallest absolute Gasteiger partial charge is 0.287 e. The van der Waals surface area contributed by atoms with Crippen LogP contribution in [0.3, 0.4) is 0 Å². The number of nitrogens with zero attached hydrogens (tertiary/aromatic N) is 1. The molecule has 0 spiro atoms. The van der Waals surface area contributed by atoms with Gasteiger partial charge in [0.05, 0.1) is 10.9 Å². The van der Waals surface area contributed by atoms with Crippen LogP contribution in [0.1, 0.15) is 24.0 Å². The molecule has 0 aliphatic carbocycles. The van der Waals surface area contributed by atoms with Gasteiger partial charge >= 0.3 is 0 Å². The summed E-state index contributed by atoms with van der Waals surface area (Å²) in [6, 6.07) is 6.86. The molecule has 0 saturated heterocycles. The van der Waals surface area contributed by atoms with Gasteiger partial charge in [-0.25, -0.2) is 4.98 Å². The maximum Gasteiger partial charge on any atom is 0.287 e. The summed E-state index contributed by atoms with van der Waals surface area (Å²) in [5, 5.41) is 12.0. The van der Waals surface area contributed by atoms with Crippen molar-refractivity contribution in [2.24, 2.45) is 5.92 Å². The van der Waals surface area contributed by atoms with Crippen LogP contribution in [0.5, 0.6) is 0 Å². The molecule has 2 rings (SSSR count). The average molecular weight is 275 g/mol. The van der Waals surface area contributed by atoms with Gasteiger partial charge in [-0.05, 0) is 24.5 Å². The summed E-state index contributed by atoms with van der Waals surface area (Å²) in [6.45, 7) is 2.44. The van der Waals surface area contributed by atoms with Crippen molar-refractivity contribution in [2.75, 3.05) is 13.2 Å². The molecule has 0 fully saturated rings. The highest BCUT2D eigenvalue weighted by atomic mass is 16.3. The number of carbonyl (C=O) groups is 1. The number of fused-ring (bicyclic) bond motifs is 1. The fourth-order valence-corrected chi connectivity index (χ4v) is 1.87. The normalized spacial score (nSPS) is 12.3. The second-order valence-electron chi connectivity index (χ2n) is 4.76. The zero-order chi connectivity index (χ0) is 14.5. The molecule has 1 unspecified atom stereocenters. The Morgan fingerprint density at radius 1 is 1.45 bits per heavy atom. The molecular weight excluding hydrogens is 258 g/mol. The Hall–Kier alpha value is -2.21. The number of hydrogen-bond donors (Lipinski definition) is 3. The minimum absolute atomic E-state index is 0.00454. The van der Waals surface area contributed by atoms with E-state index in [0.29, 0.717) is 23.9 Å². The fraction of sp³-hybridized carbons (Fsp3) is 0.357. The van der Waals surface area contributed by atoms with E-state index in [-0.39, 0.29) is 23.9 Å². The fourth-order valence-electron chi connectivity index (χ4n) is 1.87. The third kappa shape index (κ3) is 3.21. The maximum absolute atomic E-state index is 11.9. The molecule has 0 aliphatic heterocycles. The van der Waals surface area contributed by atoms with Crippen molar-refractivity contribution in [3.8, 4) is 0 Å². The number of aliphatic hydroxyl groups excluding tert-OH is 1. The highest BCUT2D eigenvalue weighted by molar-refractivity contribution is 5.92. The number of aliphatic hydroxyl groups is 1. The number of rotatable bonds is 5. The molecule has 20 heavy (non-hydrogen) atoms. The van der Waals surface area contributed by atoms with E-state index in [1.165, 1.54) is 0 Å². The molecule has 6 heteroatoms. The summed E-state index contributed by atoms with van der Waals surface area (Å²) < 4.78 is 0. The highest BCUT2D eigenvalue weighted by Gasteiger charge is 2.12. The van der Waals surface area contributed by atoms with Crippen LogP contribution in [-0.4, -0.2) is 34.1 Å². The van der Waals surface area contributed by atoms with Crippen LogP contribution in [0.2, 0.25) is 0 Å². The minimum atomic E-state index is -0.419.